The van der Waals surface area contributed by atoms with Gasteiger partial charge in [-0.25, -0.2) is 9.59 Å². The van der Waals surface area contributed by atoms with Gasteiger partial charge in [-0.2, -0.15) is 0 Å². The summed E-state index contributed by atoms with van der Waals surface area (Å²) in [7, 11) is 1.47. The molecule has 0 aromatic heterocycles. The number of hydrogen-bond donors (Lipinski definition) is 2. The fraction of sp³-hybridized carbons (Fsp3) is 0.846. The van der Waals surface area contributed by atoms with E-state index in [0.717, 1.165) is 25.9 Å². The van der Waals surface area contributed by atoms with Crippen LogP contribution in [0.25, 0.3) is 0 Å². The Kier molecular flexibility index (Phi) is 8.14. The van der Waals surface area contributed by atoms with Crippen LogP contribution in [-0.2, 0) is 9.53 Å². The Morgan fingerprint density at radius 2 is 1.84 bits per heavy atom. The molecule has 0 unspecified atom stereocenters. The molecule has 0 heterocycles. The zero-order chi connectivity index (χ0) is 14.9. The van der Waals surface area contributed by atoms with E-state index < -0.39 is 11.5 Å². The van der Waals surface area contributed by atoms with Crippen LogP contribution in [0.15, 0.2) is 0 Å². The van der Waals surface area contributed by atoms with Crippen LogP contribution in [0.2, 0.25) is 0 Å². The van der Waals surface area contributed by atoms with Crippen LogP contribution in [0.4, 0.5) is 4.79 Å². The van der Waals surface area contributed by atoms with Crippen molar-refractivity contribution in [1.29, 1.82) is 0 Å². The van der Waals surface area contributed by atoms with E-state index in [0.29, 0.717) is 13.2 Å². The first-order valence-electron chi connectivity index (χ1n) is 6.66. The second kappa shape index (κ2) is 8.74. The third kappa shape index (κ3) is 6.42. The zero-order valence-electron chi connectivity index (χ0n) is 12.4. The van der Waals surface area contributed by atoms with E-state index in [1.807, 2.05) is 0 Å². The largest absolute Gasteiger partial charge is 0.480 e. The predicted octanol–water partition coefficient (Wildman–Crippen LogP) is 1.70. The van der Waals surface area contributed by atoms with Gasteiger partial charge in [0.2, 0.25) is 0 Å². The van der Waals surface area contributed by atoms with E-state index in [-0.39, 0.29) is 6.03 Å². The maximum Gasteiger partial charge on any atom is 0.329 e. The zero-order valence-corrected chi connectivity index (χ0v) is 12.4. The van der Waals surface area contributed by atoms with Crippen LogP contribution in [-0.4, -0.2) is 54.4 Å². The Hall–Kier alpha value is -1.30. The summed E-state index contributed by atoms with van der Waals surface area (Å²) in [5.41, 5.74) is -1.22. The molecule has 0 saturated heterocycles. The fourth-order valence-corrected chi connectivity index (χ4v) is 1.23. The van der Waals surface area contributed by atoms with Gasteiger partial charge in [-0.05, 0) is 26.7 Å². The minimum Gasteiger partial charge on any atom is -0.480 e. The molecular formula is C13H26N2O4. The number of nitrogens with one attached hydrogen (secondary N) is 1. The predicted molar refractivity (Wildman–Crippen MR) is 73.2 cm³/mol. The van der Waals surface area contributed by atoms with Gasteiger partial charge in [0, 0.05) is 26.8 Å². The molecule has 0 bridgehead atoms. The number of urea groups is 1. The van der Waals surface area contributed by atoms with Crippen molar-refractivity contribution in [2.75, 3.05) is 26.8 Å². The maximum atomic E-state index is 11.7. The molecule has 0 radical (unpaired) electrons. The highest BCUT2D eigenvalue weighted by molar-refractivity contribution is 5.85. The minimum atomic E-state index is -1.22. The van der Waals surface area contributed by atoms with E-state index in [1.54, 1.807) is 0 Å². The highest BCUT2D eigenvalue weighted by atomic mass is 16.5. The lowest BCUT2D eigenvalue weighted by Gasteiger charge is -2.31. The molecule has 0 rings (SSSR count). The van der Waals surface area contributed by atoms with Crippen LogP contribution in [0, 0.1) is 0 Å². The summed E-state index contributed by atoms with van der Waals surface area (Å²) in [5.74, 6) is -1.03. The van der Waals surface area contributed by atoms with Crippen LogP contribution in [0.3, 0.4) is 0 Å². The molecule has 0 atom stereocenters. The normalized spacial score (nSPS) is 11.2. The first kappa shape index (κ1) is 17.7. The number of nitrogens with zero attached hydrogens (tertiary/aromatic N) is 1. The lowest BCUT2D eigenvalue weighted by Crippen LogP contribution is -2.54. The number of ether oxygens (including phenoxy) is 1. The van der Waals surface area contributed by atoms with E-state index >= 15 is 0 Å². The summed E-state index contributed by atoms with van der Waals surface area (Å²) in [6.07, 6.45) is 2.87. The van der Waals surface area contributed by atoms with E-state index in [4.69, 9.17) is 9.84 Å². The summed E-state index contributed by atoms with van der Waals surface area (Å²) in [4.78, 5) is 23.9. The number of hydrogen-bond acceptors (Lipinski definition) is 3. The number of aliphatic carboxylic acids is 1. The average molecular weight is 274 g/mol. The summed E-state index contributed by atoms with van der Waals surface area (Å²) < 4.78 is 5.36. The highest BCUT2D eigenvalue weighted by Gasteiger charge is 2.34. The number of amides is 2. The Labute approximate surface area is 115 Å². The Bertz CT molecular complexity index is 292. The summed E-state index contributed by atoms with van der Waals surface area (Å²) in [6, 6.07) is -0.388. The number of carboxylic acids is 1. The Morgan fingerprint density at radius 3 is 2.37 bits per heavy atom. The van der Waals surface area contributed by atoms with Gasteiger partial charge in [-0.1, -0.05) is 13.3 Å². The number of likely N-dealkylation sites (N-methyl/N-ethyl adjacent to an activating group) is 1. The number of unbranched alkanes of at least 4 members (excludes halogenated alkanes) is 1. The molecule has 0 saturated carbocycles. The monoisotopic (exact) mass is 274 g/mol. The van der Waals surface area contributed by atoms with E-state index in [1.165, 1.54) is 25.8 Å². The third-order valence-electron chi connectivity index (χ3n) is 3.05. The first-order valence-corrected chi connectivity index (χ1v) is 6.66. The fourth-order valence-electron chi connectivity index (χ4n) is 1.23. The first-order chi connectivity index (χ1) is 8.84. The van der Waals surface area contributed by atoms with Crippen molar-refractivity contribution in [3.63, 3.8) is 0 Å². The van der Waals surface area contributed by atoms with Gasteiger partial charge in [-0.15, -0.1) is 0 Å². The van der Waals surface area contributed by atoms with Crippen LogP contribution in [0.1, 0.15) is 40.0 Å². The molecule has 0 aliphatic carbocycles. The van der Waals surface area contributed by atoms with Gasteiger partial charge >= 0.3 is 12.0 Å². The molecule has 6 nitrogen and oxygen atoms in total. The lowest BCUT2D eigenvalue weighted by molar-refractivity contribution is -0.146. The van der Waals surface area contributed by atoms with Crippen molar-refractivity contribution in [2.24, 2.45) is 0 Å². The van der Waals surface area contributed by atoms with Crippen molar-refractivity contribution in [1.82, 2.24) is 10.2 Å². The van der Waals surface area contributed by atoms with Crippen LogP contribution >= 0.6 is 0 Å². The van der Waals surface area contributed by atoms with Gasteiger partial charge in [0.05, 0.1) is 0 Å². The molecule has 0 aromatic carbocycles. The number of carboxylic acid groups (broad SMARTS) is 1. The lowest BCUT2D eigenvalue weighted by atomic mass is 10.1. The van der Waals surface area contributed by atoms with E-state index in [9.17, 15) is 9.59 Å². The molecule has 0 aliphatic heterocycles. The van der Waals surface area contributed by atoms with E-state index in [2.05, 4.69) is 12.2 Å². The van der Waals surface area contributed by atoms with Crippen molar-refractivity contribution in [3.05, 3.63) is 0 Å². The number of carbonyl (C=O) groups is 2. The van der Waals surface area contributed by atoms with Gasteiger partial charge in [0.1, 0.15) is 5.54 Å². The Morgan fingerprint density at radius 1 is 1.26 bits per heavy atom. The smallest absolute Gasteiger partial charge is 0.329 e. The molecule has 0 aromatic rings. The molecule has 0 fully saturated rings. The number of rotatable bonds is 9. The standard InChI is InChI=1S/C13H26N2O4/c1-5-6-9-19-10-7-8-14-12(18)15(4)13(2,3)11(16)17/h5-10H2,1-4H3,(H,14,18)(H,16,17). The maximum absolute atomic E-state index is 11.7. The summed E-state index contributed by atoms with van der Waals surface area (Å²) >= 11 is 0. The SMILES string of the molecule is CCCCOCCCNC(=O)N(C)C(C)(C)C(=O)O. The highest BCUT2D eigenvalue weighted by Crippen LogP contribution is 2.12. The van der Waals surface area contributed by atoms with Crippen molar-refractivity contribution < 1.29 is 19.4 Å². The van der Waals surface area contributed by atoms with Gasteiger partial charge in [0.25, 0.3) is 0 Å². The van der Waals surface area contributed by atoms with Crippen LogP contribution < -0.4 is 5.32 Å². The van der Waals surface area contributed by atoms with Crippen molar-refractivity contribution in [3.8, 4) is 0 Å². The second-order valence-electron chi connectivity index (χ2n) is 4.97. The third-order valence-corrected chi connectivity index (χ3v) is 3.05. The van der Waals surface area contributed by atoms with Gasteiger partial charge in [-0.3, -0.25) is 0 Å². The Balaban J connectivity index is 3.83. The molecule has 0 aliphatic rings. The quantitative estimate of drug-likeness (QED) is 0.627. The molecule has 19 heavy (non-hydrogen) atoms. The minimum absolute atomic E-state index is 0.388. The molecule has 6 heteroatoms. The van der Waals surface area contributed by atoms with Crippen LogP contribution in [0.5, 0.6) is 0 Å². The average Bonchev–Trinajstić information content (AvgIpc) is 2.36. The second-order valence-corrected chi connectivity index (χ2v) is 4.97. The summed E-state index contributed by atoms with van der Waals surface area (Å²) in [5, 5.41) is 11.7. The topological polar surface area (TPSA) is 78.9 Å². The van der Waals surface area contributed by atoms with Crippen molar-refractivity contribution in [2.45, 2.75) is 45.6 Å². The molecule has 112 valence electrons. The molecule has 2 amide bonds. The van der Waals surface area contributed by atoms with Gasteiger partial charge < -0.3 is 20.1 Å². The number of carbonyl (C=O) groups excluding carboxylic acids is 1. The molecule has 0 spiro atoms. The molecular weight excluding hydrogens is 248 g/mol. The summed E-state index contributed by atoms with van der Waals surface area (Å²) in [6.45, 7) is 6.91. The van der Waals surface area contributed by atoms with Gasteiger partial charge in [0.15, 0.2) is 0 Å². The molecule has 2 N–H and O–H groups in total. The van der Waals surface area contributed by atoms with Crippen molar-refractivity contribution >= 4 is 12.0 Å².